The molecule has 4 rings (SSSR count). The molecule has 2 saturated heterocycles. The Labute approximate surface area is 213 Å². The van der Waals surface area contributed by atoms with Crippen LogP contribution < -0.4 is 5.73 Å². The highest BCUT2D eigenvalue weighted by Gasteiger charge is 2.57. The van der Waals surface area contributed by atoms with Crippen LogP contribution in [0.5, 0.6) is 0 Å². The summed E-state index contributed by atoms with van der Waals surface area (Å²) < 4.78 is 32.4. The molecule has 4 heterocycles. The Bertz CT molecular complexity index is 1100. The Morgan fingerprint density at radius 1 is 1.11 bits per heavy atom. The maximum atomic E-state index is 12.5. The van der Waals surface area contributed by atoms with Crippen LogP contribution in [-0.2, 0) is 23.4 Å². The first-order valence-electron chi connectivity index (χ1n) is 12.6. The van der Waals surface area contributed by atoms with Gasteiger partial charge < -0.3 is 29.1 Å². The molecule has 0 radical (unpaired) electrons. The highest BCUT2D eigenvalue weighted by molar-refractivity contribution is 6.77. The number of fused-ring (bicyclic) bond motifs is 2. The molecule has 2 aromatic heterocycles. The van der Waals surface area contributed by atoms with E-state index in [1.807, 2.05) is 13.8 Å². The number of anilines is 1. The molecule has 2 aliphatic rings. The molecule has 4 atom stereocenters. The molecule has 0 aromatic carbocycles. The molecular formula is C24H39N5O6Si. The van der Waals surface area contributed by atoms with E-state index in [2.05, 4.69) is 56.6 Å². The third-order valence-electron chi connectivity index (χ3n) is 7.47. The van der Waals surface area contributed by atoms with E-state index in [4.69, 9.17) is 29.1 Å². The van der Waals surface area contributed by atoms with Crippen molar-refractivity contribution in [3.63, 3.8) is 0 Å². The Morgan fingerprint density at radius 2 is 1.72 bits per heavy atom. The number of carbonyl (C=O) groups excluding carboxylic acids is 1. The van der Waals surface area contributed by atoms with Gasteiger partial charge in [0.05, 0.1) is 19.1 Å². The predicted molar refractivity (Wildman–Crippen MR) is 136 cm³/mol. The van der Waals surface area contributed by atoms with Crippen LogP contribution in [0.2, 0.25) is 16.6 Å². The number of rotatable bonds is 8. The van der Waals surface area contributed by atoms with E-state index in [9.17, 15) is 4.79 Å². The zero-order chi connectivity index (χ0) is 26.6. The van der Waals surface area contributed by atoms with Crippen molar-refractivity contribution in [3.8, 4) is 0 Å². The summed E-state index contributed by atoms with van der Waals surface area (Å²) in [5, 5.41) is 4.82. The minimum absolute atomic E-state index is 0.0227. The van der Waals surface area contributed by atoms with Crippen molar-refractivity contribution in [2.45, 2.75) is 102 Å². The maximum absolute atomic E-state index is 12.5. The molecule has 2 N–H and O–H groups in total. The van der Waals surface area contributed by atoms with Crippen LogP contribution in [0, 0.1) is 0 Å². The normalized spacial score (nSPS) is 25.9. The summed E-state index contributed by atoms with van der Waals surface area (Å²) in [7, 11) is -0.855. The van der Waals surface area contributed by atoms with Gasteiger partial charge in [-0.3, -0.25) is 0 Å². The molecule has 2 aromatic rings. The van der Waals surface area contributed by atoms with Gasteiger partial charge in [0.15, 0.2) is 31.7 Å². The maximum Gasteiger partial charge on any atom is 0.359 e. The molecule has 2 aliphatic heterocycles. The van der Waals surface area contributed by atoms with E-state index >= 15 is 0 Å². The number of ether oxygens (including phenoxy) is 4. The summed E-state index contributed by atoms with van der Waals surface area (Å²) in [6.07, 6.45) is -0.665. The van der Waals surface area contributed by atoms with E-state index in [0.29, 0.717) is 34.3 Å². The van der Waals surface area contributed by atoms with Gasteiger partial charge in [0, 0.05) is 0 Å². The summed E-state index contributed by atoms with van der Waals surface area (Å²) in [6.45, 7) is 17.6. The molecule has 200 valence electrons. The topological polar surface area (TPSA) is 133 Å². The molecule has 0 unspecified atom stereocenters. The molecule has 0 amide bonds. The molecule has 0 aliphatic carbocycles. The standard InChI is InChI=1S/C24H39N5O6Si/c1-12(2)36(13(3)4,14(5)6)32-10-15-18-19(35-24(7,8)34-18)22(33-15)29-21-16(20(25)26-11-27-21)17(28-29)23(30)31-9/h11-15,18-19,22H,10H2,1-9H3,(H2,25,26,27)/t15-,18-,19-,22-/m1/s1. The summed E-state index contributed by atoms with van der Waals surface area (Å²) in [5.41, 5.74) is 7.77. The van der Waals surface area contributed by atoms with Gasteiger partial charge >= 0.3 is 5.97 Å². The molecule has 0 saturated carbocycles. The Kier molecular flexibility index (Phi) is 7.21. The first kappa shape index (κ1) is 26.9. The zero-order valence-electron chi connectivity index (χ0n) is 22.6. The van der Waals surface area contributed by atoms with E-state index < -0.39 is 38.5 Å². The first-order chi connectivity index (χ1) is 16.8. The number of esters is 1. The SMILES string of the molecule is COC(=O)c1nn([C@@H]2O[C@H](CO[Si](C(C)C)(C(C)C)C(C)C)[C@H]3OC(C)(C)O[C@H]32)c2ncnc(N)c12. The number of methoxy groups -OCH3 is 1. The lowest BCUT2D eigenvalue weighted by molar-refractivity contribution is -0.200. The van der Waals surface area contributed by atoms with Crippen molar-refractivity contribution in [2.24, 2.45) is 0 Å². The van der Waals surface area contributed by atoms with Gasteiger partial charge in [-0.25, -0.2) is 19.4 Å². The van der Waals surface area contributed by atoms with Crippen LogP contribution in [0.1, 0.15) is 72.1 Å². The molecule has 12 heteroatoms. The van der Waals surface area contributed by atoms with Crippen molar-refractivity contribution >= 4 is 31.1 Å². The van der Waals surface area contributed by atoms with Gasteiger partial charge in [0.1, 0.15) is 30.5 Å². The Morgan fingerprint density at radius 3 is 2.31 bits per heavy atom. The van der Waals surface area contributed by atoms with Crippen LogP contribution in [0.25, 0.3) is 11.0 Å². The van der Waals surface area contributed by atoms with E-state index in [0.717, 1.165) is 0 Å². The highest BCUT2D eigenvalue weighted by Crippen LogP contribution is 2.46. The van der Waals surface area contributed by atoms with Gasteiger partial charge in [-0.15, -0.1) is 0 Å². The second-order valence-corrected chi connectivity index (χ2v) is 16.5. The third kappa shape index (κ3) is 4.32. The van der Waals surface area contributed by atoms with E-state index in [1.165, 1.54) is 18.1 Å². The van der Waals surface area contributed by atoms with Crippen LogP contribution in [0.15, 0.2) is 6.33 Å². The number of carbonyl (C=O) groups is 1. The average molecular weight is 522 g/mol. The van der Waals surface area contributed by atoms with Gasteiger partial charge in [-0.2, -0.15) is 5.10 Å². The lowest BCUT2D eigenvalue weighted by Gasteiger charge is -2.43. The molecule has 36 heavy (non-hydrogen) atoms. The predicted octanol–water partition coefficient (Wildman–Crippen LogP) is 3.80. The average Bonchev–Trinajstić information content (AvgIpc) is 3.42. The monoisotopic (exact) mass is 521 g/mol. The Hall–Kier alpha value is -2.12. The van der Waals surface area contributed by atoms with Gasteiger partial charge in [0.2, 0.25) is 0 Å². The lowest BCUT2D eigenvalue weighted by atomic mass is 10.1. The molecule has 11 nitrogen and oxygen atoms in total. The van der Waals surface area contributed by atoms with Gasteiger partial charge in [-0.1, -0.05) is 41.5 Å². The molecule has 0 bridgehead atoms. The summed E-state index contributed by atoms with van der Waals surface area (Å²) in [5.74, 6) is -1.33. The minimum atomic E-state index is -2.14. The number of aromatic nitrogens is 4. The summed E-state index contributed by atoms with van der Waals surface area (Å²) in [4.78, 5) is 20.9. The number of nitrogens with two attached hydrogens (primary N) is 1. The van der Waals surface area contributed by atoms with Crippen molar-refractivity contribution < 1.29 is 28.2 Å². The van der Waals surface area contributed by atoms with Gasteiger partial charge in [0.25, 0.3) is 0 Å². The van der Waals surface area contributed by atoms with Crippen LogP contribution in [0.4, 0.5) is 5.82 Å². The second kappa shape index (κ2) is 9.64. The number of nitrogen functional groups attached to an aromatic ring is 1. The van der Waals surface area contributed by atoms with Crippen molar-refractivity contribution in [2.75, 3.05) is 19.5 Å². The minimum Gasteiger partial charge on any atom is -0.464 e. The van der Waals surface area contributed by atoms with Crippen molar-refractivity contribution in [1.29, 1.82) is 0 Å². The number of nitrogens with zero attached hydrogens (tertiary/aromatic N) is 4. The van der Waals surface area contributed by atoms with Gasteiger partial charge in [-0.05, 0) is 30.5 Å². The quantitative estimate of drug-likeness (QED) is 0.404. The largest absolute Gasteiger partial charge is 0.464 e. The fraction of sp³-hybridized carbons (Fsp3) is 0.750. The molecule has 2 fully saturated rings. The fourth-order valence-electron chi connectivity index (χ4n) is 6.13. The van der Waals surface area contributed by atoms with E-state index in [-0.39, 0.29) is 17.6 Å². The number of hydrogen-bond donors (Lipinski definition) is 1. The van der Waals surface area contributed by atoms with Crippen LogP contribution >= 0.6 is 0 Å². The molecular weight excluding hydrogens is 482 g/mol. The fourth-order valence-corrected chi connectivity index (χ4v) is 11.6. The zero-order valence-corrected chi connectivity index (χ0v) is 23.6. The van der Waals surface area contributed by atoms with Crippen LogP contribution in [0.3, 0.4) is 0 Å². The van der Waals surface area contributed by atoms with E-state index in [1.54, 1.807) is 0 Å². The smallest absolute Gasteiger partial charge is 0.359 e. The first-order valence-corrected chi connectivity index (χ1v) is 14.7. The highest BCUT2D eigenvalue weighted by atomic mass is 28.4. The van der Waals surface area contributed by atoms with Crippen LogP contribution in [-0.4, -0.2) is 71.9 Å². The lowest BCUT2D eigenvalue weighted by Crippen LogP contribution is -2.50. The Balaban J connectivity index is 1.72. The second-order valence-electron chi connectivity index (χ2n) is 11.0. The molecule has 0 spiro atoms. The van der Waals surface area contributed by atoms with Crippen molar-refractivity contribution in [3.05, 3.63) is 12.0 Å². The number of hydrogen-bond acceptors (Lipinski definition) is 10. The summed E-state index contributed by atoms with van der Waals surface area (Å²) >= 11 is 0. The third-order valence-corrected chi connectivity index (χ3v) is 13.5. The van der Waals surface area contributed by atoms with Crippen molar-refractivity contribution in [1.82, 2.24) is 19.7 Å². The summed E-state index contributed by atoms with van der Waals surface area (Å²) in [6, 6.07) is 0.